The number of fused-ring (bicyclic) bond motifs is 1. The molecule has 15 heavy (non-hydrogen) atoms. The van der Waals surface area contributed by atoms with Crippen molar-refractivity contribution in [2.24, 2.45) is 5.73 Å². The summed E-state index contributed by atoms with van der Waals surface area (Å²) in [6, 6.07) is 6.20. The molecule has 2 aromatic rings. The van der Waals surface area contributed by atoms with E-state index in [1.165, 1.54) is 16.5 Å². The Morgan fingerprint density at radius 2 is 2.20 bits per heavy atom. The average molecular weight is 204 g/mol. The lowest BCUT2D eigenvalue weighted by Gasteiger charge is -2.07. The van der Waals surface area contributed by atoms with E-state index in [2.05, 4.69) is 35.9 Å². The first-order valence-electron chi connectivity index (χ1n) is 5.10. The highest BCUT2D eigenvalue weighted by atomic mass is 16.5. The Hall–Kier alpha value is -1.48. The van der Waals surface area contributed by atoms with Crippen LogP contribution in [-0.2, 0) is 6.54 Å². The maximum absolute atomic E-state index is 5.57. The minimum atomic E-state index is 0.662. The number of hydrogen-bond acceptors (Lipinski definition) is 2. The summed E-state index contributed by atoms with van der Waals surface area (Å²) in [5.41, 5.74) is 8.05. The van der Waals surface area contributed by atoms with Gasteiger partial charge in [0, 0.05) is 24.7 Å². The molecule has 1 heterocycles. The van der Waals surface area contributed by atoms with E-state index in [-0.39, 0.29) is 0 Å². The molecule has 0 aliphatic heterocycles. The zero-order valence-corrected chi connectivity index (χ0v) is 9.16. The molecule has 1 aromatic heterocycles. The minimum Gasteiger partial charge on any atom is -0.497 e. The van der Waals surface area contributed by atoms with Crippen molar-refractivity contribution in [2.75, 3.05) is 13.7 Å². The van der Waals surface area contributed by atoms with Gasteiger partial charge in [-0.3, -0.25) is 0 Å². The molecule has 3 nitrogen and oxygen atoms in total. The van der Waals surface area contributed by atoms with Crippen LogP contribution in [0.15, 0.2) is 24.4 Å². The molecule has 2 N–H and O–H groups in total. The van der Waals surface area contributed by atoms with Crippen LogP contribution in [0.5, 0.6) is 5.75 Å². The normalized spacial score (nSPS) is 10.9. The van der Waals surface area contributed by atoms with Crippen LogP contribution < -0.4 is 10.5 Å². The van der Waals surface area contributed by atoms with Crippen LogP contribution in [0.4, 0.5) is 0 Å². The van der Waals surface area contributed by atoms with Gasteiger partial charge in [0.1, 0.15) is 5.75 Å². The molecule has 0 aliphatic rings. The zero-order chi connectivity index (χ0) is 10.8. The van der Waals surface area contributed by atoms with E-state index in [0.717, 1.165) is 12.3 Å². The van der Waals surface area contributed by atoms with Crippen LogP contribution in [-0.4, -0.2) is 18.2 Å². The van der Waals surface area contributed by atoms with Gasteiger partial charge in [-0.25, -0.2) is 0 Å². The van der Waals surface area contributed by atoms with E-state index in [0.29, 0.717) is 6.54 Å². The second-order valence-electron chi connectivity index (χ2n) is 3.68. The maximum atomic E-state index is 5.57. The van der Waals surface area contributed by atoms with Crippen molar-refractivity contribution in [3.63, 3.8) is 0 Å². The molecule has 0 aliphatic carbocycles. The number of ether oxygens (including phenoxy) is 1. The molecule has 0 spiro atoms. The molecule has 3 heteroatoms. The van der Waals surface area contributed by atoms with Crippen molar-refractivity contribution >= 4 is 10.9 Å². The number of benzene rings is 1. The Kier molecular flexibility index (Phi) is 2.64. The Balaban J connectivity index is 2.60. The summed E-state index contributed by atoms with van der Waals surface area (Å²) in [7, 11) is 1.69. The lowest BCUT2D eigenvalue weighted by molar-refractivity contribution is 0.415. The molecule has 0 fully saturated rings. The van der Waals surface area contributed by atoms with Crippen LogP contribution in [0.3, 0.4) is 0 Å². The van der Waals surface area contributed by atoms with Gasteiger partial charge in [0.2, 0.25) is 0 Å². The van der Waals surface area contributed by atoms with Crippen molar-refractivity contribution in [3.8, 4) is 5.75 Å². The van der Waals surface area contributed by atoms with Crippen molar-refractivity contribution in [1.29, 1.82) is 0 Å². The van der Waals surface area contributed by atoms with Gasteiger partial charge in [-0.05, 0) is 30.7 Å². The van der Waals surface area contributed by atoms with Crippen LogP contribution >= 0.6 is 0 Å². The number of nitrogens with two attached hydrogens (primary N) is 1. The summed E-state index contributed by atoms with van der Waals surface area (Å²) in [6.07, 6.45) is 2.07. The number of rotatable bonds is 3. The molecule has 80 valence electrons. The fourth-order valence-corrected chi connectivity index (χ4v) is 1.98. The van der Waals surface area contributed by atoms with Gasteiger partial charge in [-0.15, -0.1) is 0 Å². The van der Waals surface area contributed by atoms with E-state index in [9.17, 15) is 0 Å². The van der Waals surface area contributed by atoms with Crippen molar-refractivity contribution < 1.29 is 4.74 Å². The molecule has 0 atom stereocenters. The molecule has 0 unspecified atom stereocenters. The largest absolute Gasteiger partial charge is 0.497 e. The van der Waals surface area contributed by atoms with Gasteiger partial charge in [0.25, 0.3) is 0 Å². The standard InChI is InChI=1S/C12H16N2O/c1-9-7-11(15-2)8-10-3-5-14(6-4-13)12(9)10/h3,5,7-8H,4,6,13H2,1-2H3. The highest BCUT2D eigenvalue weighted by molar-refractivity contribution is 5.84. The fourth-order valence-electron chi connectivity index (χ4n) is 1.98. The number of methoxy groups -OCH3 is 1. The molecule has 0 saturated carbocycles. The number of aryl methyl sites for hydroxylation is 1. The summed E-state index contributed by atoms with van der Waals surface area (Å²) in [4.78, 5) is 0. The predicted octanol–water partition coefficient (Wildman–Crippen LogP) is 1.92. The zero-order valence-electron chi connectivity index (χ0n) is 9.16. The molecule has 1 aromatic carbocycles. The first-order chi connectivity index (χ1) is 7.26. The van der Waals surface area contributed by atoms with Crippen LogP contribution in [0.1, 0.15) is 5.56 Å². The predicted molar refractivity (Wildman–Crippen MR) is 62.3 cm³/mol. The fraction of sp³-hybridized carbons (Fsp3) is 0.333. The molecule has 0 saturated heterocycles. The van der Waals surface area contributed by atoms with Crippen LogP contribution in [0.2, 0.25) is 0 Å². The summed E-state index contributed by atoms with van der Waals surface area (Å²) in [6.45, 7) is 3.61. The first-order valence-corrected chi connectivity index (χ1v) is 5.10. The number of hydrogen-bond donors (Lipinski definition) is 1. The molecular formula is C12H16N2O. The lowest BCUT2D eigenvalue weighted by Crippen LogP contribution is -2.09. The quantitative estimate of drug-likeness (QED) is 0.829. The topological polar surface area (TPSA) is 40.2 Å². The highest BCUT2D eigenvalue weighted by Gasteiger charge is 2.05. The Labute approximate surface area is 89.4 Å². The first kappa shape index (κ1) is 10.1. The Bertz CT molecular complexity index is 474. The van der Waals surface area contributed by atoms with Crippen molar-refractivity contribution in [3.05, 3.63) is 30.0 Å². The Morgan fingerprint density at radius 1 is 1.40 bits per heavy atom. The molecule has 2 rings (SSSR count). The second kappa shape index (κ2) is 3.95. The smallest absolute Gasteiger partial charge is 0.119 e. The van der Waals surface area contributed by atoms with E-state index in [1.54, 1.807) is 7.11 Å². The third-order valence-electron chi connectivity index (χ3n) is 2.63. The summed E-state index contributed by atoms with van der Waals surface area (Å²) < 4.78 is 7.42. The monoisotopic (exact) mass is 204 g/mol. The van der Waals surface area contributed by atoms with E-state index in [4.69, 9.17) is 10.5 Å². The minimum absolute atomic E-state index is 0.662. The lowest BCUT2D eigenvalue weighted by atomic mass is 10.1. The van der Waals surface area contributed by atoms with Gasteiger partial charge in [-0.2, -0.15) is 0 Å². The van der Waals surface area contributed by atoms with Gasteiger partial charge in [0.05, 0.1) is 12.6 Å². The SMILES string of the molecule is COc1cc(C)c2c(ccn2CCN)c1. The maximum Gasteiger partial charge on any atom is 0.119 e. The van der Waals surface area contributed by atoms with E-state index in [1.807, 2.05) is 0 Å². The van der Waals surface area contributed by atoms with E-state index < -0.39 is 0 Å². The van der Waals surface area contributed by atoms with Crippen LogP contribution in [0, 0.1) is 6.92 Å². The Morgan fingerprint density at radius 3 is 2.87 bits per heavy atom. The van der Waals surface area contributed by atoms with E-state index >= 15 is 0 Å². The number of aromatic nitrogens is 1. The molecule has 0 amide bonds. The summed E-state index contributed by atoms with van der Waals surface area (Å²) in [5.74, 6) is 0.908. The van der Waals surface area contributed by atoms with Gasteiger partial charge in [0.15, 0.2) is 0 Å². The molecule has 0 radical (unpaired) electrons. The second-order valence-corrected chi connectivity index (χ2v) is 3.68. The summed E-state index contributed by atoms with van der Waals surface area (Å²) in [5, 5.41) is 1.21. The third-order valence-corrected chi connectivity index (χ3v) is 2.63. The van der Waals surface area contributed by atoms with Crippen molar-refractivity contribution in [2.45, 2.75) is 13.5 Å². The average Bonchev–Trinajstić information content (AvgIpc) is 2.62. The third kappa shape index (κ3) is 1.70. The van der Waals surface area contributed by atoms with Crippen molar-refractivity contribution in [1.82, 2.24) is 4.57 Å². The molecule has 0 bridgehead atoms. The molecular weight excluding hydrogens is 188 g/mol. The van der Waals surface area contributed by atoms with Gasteiger partial charge in [-0.1, -0.05) is 0 Å². The highest BCUT2D eigenvalue weighted by Crippen LogP contribution is 2.25. The van der Waals surface area contributed by atoms with Gasteiger partial charge < -0.3 is 15.0 Å². The van der Waals surface area contributed by atoms with Crippen LogP contribution in [0.25, 0.3) is 10.9 Å². The summed E-state index contributed by atoms with van der Waals surface area (Å²) >= 11 is 0. The number of nitrogens with zero attached hydrogens (tertiary/aromatic N) is 1. The van der Waals surface area contributed by atoms with Gasteiger partial charge >= 0.3 is 0 Å².